The quantitative estimate of drug-likeness (QED) is 0.399. The minimum Gasteiger partial charge on any atom is -0.493 e. The number of carbonyl (C=O) groups excluding carboxylic acids is 1. The van der Waals surface area contributed by atoms with E-state index in [1.54, 1.807) is 31.4 Å². The zero-order chi connectivity index (χ0) is 19.2. The van der Waals surface area contributed by atoms with Crippen LogP contribution in [-0.4, -0.2) is 37.1 Å². The molecule has 0 aromatic heterocycles. The van der Waals surface area contributed by atoms with E-state index in [2.05, 4.69) is 10.6 Å². The molecule has 0 radical (unpaired) electrons. The fraction of sp³-hybridized carbons (Fsp3) is 0.316. The van der Waals surface area contributed by atoms with Crippen molar-refractivity contribution in [3.05, 3.63) is 58.1 Å². The highest BCUT2D eigenvalue weighted by atomic mass is 16.6. The number of nitro benzene ring substituents is 1. The first-order chi connectivity index (χ1) is 13.1. The highest BCUT2D eigenvalue weighted by molar-refractivity contribution is 5.95. The van der Waals surface area contributed by atoms with Crippen LogP contribution >= 0.6 is 0 Å². The molecule has 27 heavy (non-hydrogen) atoms. The van der Waals surface area contributed by atoms with E-state index in [0.29, 0.717) is 17.2 Å². The van der Waals surface area contributed by atoms with Crippen LogP contribution in [0.4, 0.5) is 11.4 Å². The third kappa shape index (κ3) is 4.87. The molecule has 0 heterocycles. The average Bonchev–Trinajstić information content (AvgIpc) is 3.49. The van der Waals surface area contributed by atoms with Gasteiger partial charge in [-0.15, -0.1) is 0 Å². The molecule has 1 aliphatic carbocycles. The molecule has 0 aliphatic heterocycles. The predicted octanol–water partition coefficient (Wildman–Crippen LogP) is 2.99. The van der Waals surface area contributed by atoms with Gasteiger partial charge < -0.3 is 20.1 Å². The maximum atomic E-state index is 12.3. The van der Waals surface area contributed by atoms with Crippen LogP contribution in [-0.2, 0) is 0 Å². The molecule has 1 amide bonds. The summed E-state index contributed by atoms with van der Waals surface area (Å²) in [4.78, 5) is 23.1. The first-order valence-electron chi connectivity index (χ1n) is 8.67. The zero-order valence-corrected chi connectivity index (χ0v) is 14.9. The molecule has 3 rings (SSSR count). The van der Waals surface area contributed by atoms with Gasteiger partial charge in [0.25, 0.3) is 11.6 Å². The number of para-hydroxylation sites is 2. The summed E-state index contributed by atoms with van der Waals surface area (Å²) in [5.41, 5.74) is 0.582. The van der Waals surface area contributed by atoms with Crippen LogP contribution in [0, 0.1) is 10.1 Å². The number of benzene rings is 2. The number of nitrogens with one attached hydrogen (secondary N) is 2. The van der Waals surface area contributed by atoms with Crippen molar-refractivity contribution in [1.29, 1.82) is 0 Å². The molecule has 2 aromatic rings. The Morgan fingerprint density at radius 2 is 1.96 bits per heavy atom. The lowest BCUT2D eigenvalue weighted by molar-refractivity contribution is -0.384. The fourth-order valence-corrected chi connectivity index (χ4v) is 2.56. The first-order valence-corrected chi connectivity index (χ1v) is 8.67. The lowest BCUT2D eigenvalue weighted by atomic mass is 10.1. The number of rotatable bonds is 9. The minimum atomic E-state index is -0.480. The third-order valence-corrected chi connectivity index (χ3v) is 4.11. The van der Waals surface area contributed by atoms with E-state index in [-0.39, 0.29) is 36.4 Å². The van der Waals surface area contributed by atoms with Crippen molar-refractivity contribution < 1.29 is 19.2 Å². The number of amides is 1. The van der Waals surface area contributed by atoms with Crippen LogP contribution in [0.5, 0.6) is 11.5 Å². The molecule has 0 bridgehead atoms. The van der Waals surface area contributed by atoms with Crippen molar-refractivity contribution in [3.63, 3.8) is 0 Å². The van der Waals surface area contributed by atoms with Crippen molar-refractivity contribution in [2.75, 3.05) is 25.6 Å². The van der Waals surface area contributed by atoms with Gasteiger partial charge in [0.1, 0.15) is 12.3 Å². The summed E-state index contributed by atoms with van der Waals surface area (Å²) in [6.07, 6.45) is 2.01. The normalized spacial score (nSPS) is 12.9. The second kappa shape index (κ2) is 8.39. The van der Waals surface area contributed by atoms with Gasteiger partial charge in [-0.1, -0.05) is 12.1 Å². The Hall–Kier alpha value is -3.29. The molecule has 0 spiro atoms. The Kier molecular flexibility index (Phi) is 5.75. The molecule has 8 heteroatoms. The standard InChI is InChI=1S/C19H21N3O5/c1-26-17-4-2-3-5-18(17)27-11-10-20-19(23)13-6-9-15(21-14-7-8-14)16(12-13)22(24)25/h2-6,9,12,14,21H,7-8,10-11H2,1H3,(H,20,23). The van der Waals surface area contributed by atoms with Crippen LogP contribution in [0.2, 0.25) is 0 Å². The Bertz CT molecular complexity index is 836. The smallest absolute Gasteiger partial charge is 0.293 e. The molecule has 0 unspecified atom stereocenters. The number of ether oxygens (including phenoxy) is 2. The number of methoxy groups -OCH3 is 1. The Balaban J connectivity index is 1.56. The van der Waals surface area contributed by atoms with Gasteiger partial charge in [-0.05, 0) is 37.1 Å². The van der Waals surface area contributed by atoms with Gasteiger partial charge in [-0.3, -0.25) is 14.9 Å². The number of hydrogen-bond acceptors (Lipinski definition) is 6. The molecule has 1 saturated carbocycles. The lowest BCUT2D eigenvalue weighted by Crippen LogP contribution is -2.28. The van der Waals surface area contributed by atoms with E-state index < -0.39 is 4.92 Å². The van der Waals surface area contributed by atoms with E-state index in [9.17, 15) is 14.9 Å². The molecule has 142 valence electrons. The van der Waals surface area contributed by atoms with E-state index in [4.69, 9.17) is 9.47 Å². The van der Waals surface area contributed by atoms with Crippen LogP contribution < -0.4 is 20.1 Å². The lowest BCUT2D eigenvalue weighted by Gasteiger charge is -2.11. The minimum absolute atomic E-state index is 0.0974. The number of hydrogen-bond donors (Lipinski definition) is 2. The highest BCUT2D eigenvalue weighted by Crippen LogP contribution is 2.31. The van der Waals surface area contributed by atoms with E-state index in [1.807, 2.05) is 12.1 Å². The monoisotopic (exact) mass is 371 g/mol. The van der Waals surface area contributed by atoms with Crippen molar-refractivity contribution in [3.8, 4) is 11.5 Å². The first kappa shape index (κ1) is 18.5. The second-order valence-corrected chi connectivity index (χ2v) is 6.16. The van der Waals surface area contributed by atoms with E-state index >= 15 is 0 Å². The molecule has 2 N–H and O–H groups in total. The van der Waals surface area contributed by atoms with Crippen LogP contribution in [0.25, 0.3) is 0 Å². The maximum Gasteiger partial charge on any atom is 0.293 e. The van der Waals surface area contributed by atoms with Gasteiger partial charge in [-0.2, -0.15) is 0 Å². The molecule has 2 aromatic carbocycles. The van der Waals surface area contributed by atoms with Crippen molar-refractivity contribution >= 4 is 17.3 Å². The van der Waals surface area contributed by atoms with Crippen LogP contribution in [0.1, 0.15) is 23.2 Å². The van der Waals surface area contributed by atoms with Crippen LogP contribution in [0.15, 0.2) is 42.5 Å². The summed E-state index contributed by atoms with van der Waals surface area (Å²) in [7, 11) is 1.55. The van der Waals surface area contributed by atoms with E-state index in [0.717, 1.165) is 12.8 Å². The third-order valence-electron chi connectivity index (χ3n) is 4.11. The fourth-order valence-electron chi connectivity index (χ4n) is 2.56. The maximum absolute atomic E-state index is 12.3. The summed E-state index contributed by atoms with van der Waals surface area (Å²) < 4.78 is 10.8. The number of carbonyl (C=O) groups is 1. The van der Waals surface area contributed by atoms with E-state index in [1.165, 1.54) is 6.07 Å². The largest absolute Gasteiger partial charge is 0.493 e. The summed E-state index contributed by atoms with van der Waals surface area (Å²) in [6.45, 7) is 0.502. The number of anilines is 1. The van der Waals surface area contributed by atoms with Gasteiger partial charge in [0.2, 0.25) is 0 Å². The SMILES string of the molecule is COc1ccccc1OCCNC(=O)c1ccc(NC2CC2)c([N+](=O)[O-])c1. The highest BCUT2D eigenvalue weighted by Gasteiger charge is 2.25. The molecular weight excluding hydrogens is 350 g/mol. The second-order valence-electron chi connectivity index (χ2n) is 6.16. The van der Waals surface area contributed by atoms with Gasteiger partial charge in [0, 0.05) is 17.7 Å². The summed E-state index contributed by atoms with van der Waals surface area (Å²) in [5.74, 6) is 0.804. The van der Waals surface area contributed by atoms with Gasteiger partial charge >= 0.3 is 0 Å². The molecule has 0 saturated heterocycles. The molecular formula is C19H21N3O5. The topological polar surface area (TPSA) is 103 Å². The predicted molar refractivity (Wildman–Crippen MR) is 101 cm³/mol. The van der Waals surface area contributed by atoms with Gasteiger partial charge in [0.05, 0.1) is 18.6 Å². The van der Waals surface area contributed by atoms with Gasteiger partial charge in [0.15, 0.2) is 11.5 Å². The molecule has 1 aliphatic rings. The number of nitrogens with zero attached hydrogens (tertiary/aromatic N) is 1. The Morgan fingerprint density at radius 1 is 1.22 bits per heavy atom. The van der Waals surface area contributed by atoms with Crippen molar-refractivity contribution in [1.82, 2.24) is 5.32 Å². The summed E-state index contributed by atoms with van der Waals surface area (Å²) in [6, 6.07) is 12.0. The molecule has 0 atom stereocenters. The average molecular weight is 371 g/mol. The van der Waals surface area contributed by atoms with Crippen molar-refractivity contribution in [2.45, 2.75) is 18.9 Å². The molecule has 8 nitrogen and oxygen atoms in total. The summed E-state index contributed by atoms with van der Waals surface area (Å²) in [5, 5.41) is 17.1. The molecule has 1 fully saturated rings. The van der Waals surface area contributed by atoms with Gasteiger partial charge in [-0.25, -0.2) is 0 Å². The Morgan fingerprint density at radius 3 is 2.63 bits per heavy atom. The Labute approximate surface area is 156 Å². The zero-order valence-electron chi connectivity index (χ0n) is 14.9. The summed E-state index contributed by atoms with van der Waals surface area (Å²) >= 11 is 0. The number of nitro groups is 1. The van der Waals surface area contributed by atoms with Crippen molar-refractivity contribution in [2.24, 2.45) is 0 Å². The van der Waals surface area contributed by atoms with Crippen LogP contribution in [0.3, 0.4) is 0 Å².